The predicted molar refractivity (Wildman–Crippen MR) is 98.8 cm³/mol. The van der Waals surface area contributed by atoms with E-state index in [0.29, 0.717) is 11.3 Å². The Labute approximate surface area is 158 Å². The second-order valence-electron chi connectivity index (χ2n) is 5.43. The molecule has 9 heteroatoms. The molecule has 0 aliphatic carbocycles. The number of carbonyl (C=O) groups excluding carboxylic acids is 2. The number of hydrogen-bond acceptors (Lipinski definition) is 4. The molecule has 0 spiro atoms. The Morgan fingerprint density at radius 2 is 1.56 bits per heavy atom. The first-order valence-corrected chi connectivity index (χ1v) is 8.12. The van der Waals surface area contributed by atoms with Gasteiger partial charge in [-0.25, -0.2) is 0 Å². The van der Waals surface area contributed by atoms with Crippen LogP contribution in [0.4, 0.5) is 5.69 Å². The van der Waals surface area contributed by atoms with Crippen molar-refractivity contribution in [1.82, 2.24) is 15.4 Å². The minimum atomic E-state index is -0.829. The van der Waals surface area contributed by atoms with Gasteiger partial charge in [0.25, 0.3) is 17.5 Å². The van der Waals surface area contributed by atoms with Crippen molar-refractivity contribution < 1.29 is 14.5 Å². The fourth-order valence-corrected chi connectivity index (χ4v) is 2.65. The smallest absolute Gasteiger partial charge is 0.283 e. The van der Waals surface area contributed by atoms with Gasteiger partial charge in [-0.05, 0) is 36.4 Å². The van der Waals surface area contributed by atoms with Crippen molar-refractivity contribution in [3.63, 3.8) is 0 Å². The van der Waals surface area contributed by atoms with Crippen molar-refractivity contribution in [2.45, 2.75) is 0 Å². The number of carbonyl (C=O) groups is 2. The Kier molecular flexibility index (Phi) is 5.18. The predicted octanol–water partition coefficient (Wildman–Crippen LogP) is 3.11. The molecule has 2 aromatic carbocycles. The lowest BCUT2D eigenvalue weighted by atomic mass is 10.1. The molecule has 136 valence electrons. The lowest BCUT2D eigenvalue weighted by molar-refractivity contribution is -0.385. The fraction of sp³-hybridized carbons (Fsp3) is 0. The lowest BCUT2D eigenvalue weighted by Crippen LogP contribution is -2.42. The zero-order chi connectivity index (χ0) is 19.4. The third-order valence-corrected chi connectivity index (χ3v) is 3.96. The molecular formula is C18H13ClN4O4. The van der Waals surface area contributed by atoms with E-state index in [1.807, 2.05) is 12.1 Å². The summed E-state index contributed by atoms with van der Waals surface area (Å²) >= 11 is 5.73. The highest BCUT2D eigenvalue weighted by atomic mass is 35.5. The van der Waals surface area contributed by atoms with Gasteiger partial charge in [0.2, 0.25) is 0 Å². The number of amides is 2. The Bertz CT molecular complexity index is 1020. The van der Waals surface area contributed by atoms with E-state index in [9.17, 15) is 19.7 Å². The summed E-state index contributed by atoms with van der Waals surface area (Å²) in [6.07, 6.45) is 3.56. The molecule has 0 fully saturated rings. The maximum absolute atomic E-state index is 12.5. The first-order chi connectivity index (χ1) is 13.0. The van der Waals surface area contributed by atoms with Crippen LogP contribution >= 0.6 is 11.6 Å². The van der Waals surface area contributed by atoms with Crippen molar-refractivity contribution >= 4 is 29.1 Å². The highest BCUT2D eigenvalue weighted by Crippen LogP contribution is 2.23. The number of nitro benzene ring substituents is 1. The molecule has 0 aliphatic rings. The molecule has 8 nitrogen and oxygen atoms in total. The third kappa shape index (κ3) is 3.96. The second-order valence-corrected chi connectivity index (χ2v) is 5.87. The van der Waals surface area contributed by atoms with Crippen molar-refractivity contribution in [2.24, 2.45) is 0 Å². The summed E-state index contributed by atoms with van der Waals surface area (Å²) < 4.78 is 1.75. The molecule has 0 radical (unpaired) electrons. The third-order valence-electron chi connectivity index (χ3n) is 3.72. The minimum Gasteiger partial charge on any atom is -0.323 e. The molecule has 0 atom stereocenters. The topological polar surface area (TPSA) is 106 Å². The van der Waals surface area contributed by atoms with Crippen LogP contribution in [0.2, 0.25) is 5.02 Å². The number of halogens is 1. The van der Waals surface area contributed by atoms with Crippen molar-refractivity contribution in [3.8, 4) is 5.69 Å². The minimum absolute atomic E-state index is 0.128. The molecule has 1 heterocycles. The normalized spacial score (nSPS) is 10.3. The van der Waals surface area contributed by atoms with Crippen LogP contribution in [0.1, 0.15) is 20.7 Å². The number of hydrogen-bond donors (Lipinski definition) is 2. The van der Waals surface area contributed by atoms with Crippen LogP contribution in [0.3, 0.4) is 0 Å². The van der Waals surface area contributed by atoms with Crippen LogP contribution in [-0.2, 0) is 0 Å². The summed E-state index contributed by atoms with van der Waals surface area (Å²) in [5.41, 5.74) is 4.72. The van der Waals surface area contributed by atoms with Gasteiger partial charge >= 0.3 is 0 Å². The number of hydrazine groups is 1. The number of rotatable bonds is 4. The van der Waals surface area contributed by atoms with E-state index in [1.54, 1.807) is 41.2 Å². The van der Waals surface area contributed by atoms with Gasteiger partial charge in [-0.15, -0.1) is 0 Å². The van der Waals surface area contributed by atoms with Gasteiger partial charge in [-0.1, -0.05) is 23.7 Å². The summed E-state index contributed by atoms with van der Waals surface area (Å²) in [4.78, 5) is 35.1. The highest BCUT2D eigenvalue weighted by molar-refractivity contribution is 6.31. The van der Waals surface area contributed by atoms with E-state index in [1.165, 1.54) is 12.1 Å². The summed E-state index contributed by atoms with van der Waals surface area (Å²) in [7, 11) is 0. The molecule has 0 saturated carbocycles. The van der Waals surface area contributed by atoms with Gasteiger partial charge in [0.15, 0.2) is 0 Å². The quantitative estimate of drug-likeness (QED) is 0.532. The van der Waals surface area contributed by atoms with E-state index in [0.717, 1.165) is 6.07 Å². The molecular weight excluding hydrogens is 372 g/mol. The van der Waals surface area contributed by atoms with Crippen molar-refractivity contribution in [1.29, 1.82) is 0 Å². The molecule has 2 amide bonds. The van der Waals surface area contributed by atoms with Crippen molar-refractivity contribution in [3.05, 3.63) is 93.3 Å². The molecule has 2 N–H and O–H groups in total. The Hall–Kier alpha value is -3.65. The number of nitrogens with one attached hydrogen (secondary N) is 2. The Morgan fingerprint density at radius 1 is 0.926 bits per heavy atom. The monoisotopic (exact) mass is 384 g/mol. The van der Waals surface area contributed by atoms with Crippen LogP contribution in [0.15, 0.2) is 67.0 Å². The molecule has 0 bridgehead atoms. The van der Waals surface area contributed by atoms with Gasteiger partial charge < -0.3 is 4.57 Å². The molecule has 0 aliphatic heterocycles. The van der Waals surface area contributed by atoms with Gasteiger partial charge in [0.05, 0.1) is 16.2 Å². The number of nitro groups is 1. The summed E-state index contributed by atoms with van der Waals surface area (Å²) in [5.74, 6) is -1.39. The number of aromatic nitrogens is 1. The fourth-order valence-electron chi connectivity index (χ4n) is 2.48. The standard InChI is InChI=1S/C18H13ClN4O4/c19-12-7-8-14(16(11-12)23(26)27)18(25)21-20-17(24)13-5-1-2-6-15(13)22-9-3-4-10-22/h1-11H,(H,20,24)(H,21,25). The van der Waals surface area contributed by atoms with Gasteiger partial charge in [0, 0.05) is 23.5 Å². The molecule has 3 aromatic rings. The summed E-state index contributed by atoms with van der Waals surface area (Å²) in [6, 6.07) is 14.1. The zero-order valence-electron chi connectivity index (χ0n) is 13.8. The van der Waals surface area contributed by atoms with Crippen LogP contribution in [0.25, 0.3) is 5.69 Å². The largest absolute Gasteiger partial charge is 0.323 e. The van der Waals surface area contributed by atoms with Gasteiger partial charge in [-0.3, -0.25) is 30.6 Å². The Balaban J connectivity index is 1.78. The summed E-state index contributed by atoms with van der Waals surface area (Å²) in [6.45, 7) is 0. The maximum atomic E-state index is 12.5. The molecule has 1 aromatic heterocycles. The van der Waals surface area contributed by atoms with Gasteiger partial charge in [-0.2, -0.15) is 0 Å². The average Bonchev–Trinajstić information content (AvgIpc) is 3.20. The maximum Gasteiger partial charge on any atom is 0.283 e. The molecule has 0 unspecified atom stereocenters. The lowest BCUT2D eigenvalue weighted by Gasteiger charge is -2.12. The second kappa shape index (κ2) is 7.71. The average molecular weight is 385 g/mol. The van der Waals surface area contributed by atoms with Crippen LogP contribution < -0.4 is 10.9 Å². The van der Waals surface area contributed by atoms with Crippen molar-refractivity contribution in [2.75, 3.05) is 0 Å². The SMILES string of the molecule is O=C(NNC(=O)c1ccc(Cl)cc1[N+](=O)[O-])c1ccccc1-n1cccc1. The van der Waals surface area contributed by atoms with Gasteiger partial charge in [0.1, 0.15) is 5.56 Å². The van der Waals surface area contributed by atoms with E-state index in [4.69, 9.17) is 11.6 Å². The Morgan fingerprint density at radius 3 is 2.22 bits per heavy atom. The van der Waals surface area contributed by atoms with Crippen LogP contribution in [0.5, 0.6) is 0 Å². The van der Waals surface area contributed by atoms with E-state index >= 15 is 0 Å². The first kappa shape index (κ1) is 18.2. The number of nitrogens with zero attached hydrogens (tertiary/aromatic N) is 2. The summed E-state index contributed by atoms with van der Waals surface area (Å²) in [5, 5.41) is 11.2. The van der Waals surface area contributed by atoms with Crippen LogP contribution in [0, 0.1) is 10.1 Å². The highest BCUT2D eigenvalue weighted by Gasteiger charge is 2.21. The van der Waals surface area contributed by atoms with E-state index in [2.05, 4.69) is 10.9 Å². The molecule has 27 heavy (non-hydrogen) atoms. The van der Waals surface area contributed by atoms with Crippen LogP contribution in [-0.4, -0.2) is 21.3 Å². The number of benzene rings is 2. The van der Waals surface area contributed by atoms with E-state index in [-0.39, 0.29) is 10.6 Å². The zero-order valence-corrected chi connectivity index (χ0v) is 14.5. The molecule has 0 saturated heterocycles. The van der Waals surface area contributed by atoms with E-state index < -0.39 is 22.4 Å². The number of para-hydroxylation sites is 1. The molecule has 3 rings (SSSR count). The first-order valence-electron chi connectivity index (χ1n) is 7.74.